The maximum atomic E-state index is 3.61. The zero-order valence-electron chi connectivity index (χ0n) is 12.0. The van der Waals surface area contributed by atoms with Crippen LogP contribution in [0.2, 0.25) is 0 Å². The molecule has 1 saturated heterocycles. The summed E-state index contributed by atoms with van der Waals surface area (Å²) in [6.07, 6.45) is 1.40. The van der Waals surface area contributed by atoms with Crippen molar-refractivity contribution in [3.63, 3.8) is 0 Å². The summed E-state index contributed by atoms with van der Waals surface area (Å²) in [7, 11) is 0. The van der Waals surface area contributed by atoms with E-state index < -0.39 is 0 Å². The highest BCUT2D eigenvalue weighted by molar-refractivity contribution is 4.81. The van der Waals surface area contributed by atoms with Gasteiger partial charge in [0.1, 0.15) is 0 Å². The van der Waals surface area contributed by atoms with Gasteiger partial charge in [0.2, 0.25) is 0 Å². The quantitative estimate of drug-likeness (QED) is 0.796. The van der Waals surface area contributed by atoms with E-state index in [0.717, 1.165) is 18.4 Å². The molecule has 16 heavy (non-hydrogen) atoms. The van der Waals surface area contributed by atoms with Crippen LogP contribution in [0, 0.1) is 11.8 Å². The Morgan fingerprint density at radius 3 is 2.12 bits per heavy atom. The molecule has 2 heteroatoms. The normalized spacial score (nSPS) is 30.4. The van der Waals surface area contributed by atoms with Gasteiger partial charge >= 0.3 is 0 Å². The zero-order valence-corrected chi connectivity index (χ0v) is 12.0. The van der Waals surface area contributed by atoms with Crippen molar-refractivity contribution in [2.45, 2.75) is 59.5 Å². The minimum Gasteiger partial charge on any atom is -0.311 e. The van der Waals surface area contributed by atoms with Gasteiger partial charge in [-0.2, -0.15) is 0 Å². The number of hydrogen-bond donors (Lipinski definition) is 1. The first kappa shape index (κ1) is 14.0. The van der Waals surface area contributed by atoms with Gasteiger partial charge in [-0.3, -0.25) is 4.90 Å². The Kier molecular flexibility index (Phi) is 4.81. The predicted molar refractivity (Wildman–Crippen MR) is 71.7 cm³/mol. The molecule has 0 aliphatic carbocycles. The Bertz CT molecular complexity index is 197. The summed E-state index contributed by atoms with van der Waals surface area (Å²) < 4.78 is 0. The van der Waals surface area contributed by atoms with Crippen molar-refractivity contribution in [1.82, 2.24) is 10.2 Å². The van der Waals surface area contributed by atoms with Crippen molar-refractivity contribution in [2.75, 3.05) is 19.6 Å². The standard InChI is InChI=1S/C14H30N2/c1-11-7-12(2)10-16(9-11)13(3)8-15-14(4,5)6/h11-13,15H,7-10H2,1-6H3. The molecule has 1 rings (SSSR count). The third-order valence-corrected chi connectivity index (χ3v) is 3.45. The van der Waals surface area contributed by atoms with Gasteiger partial charge in [0, 0.05) is 31.2 Å². The first-order chi connectivity index (χ1) is 7.28. The lowest BCUT2D eigenvalue weighted by molar-refractivity contribution is 0.0989. The van der Waals surface area contributed by atoms with E-state index in [2.05, 4.69) is 51.8 Å². The molecule has 1 N–H and O–H groups in total. The summed E-state index contributed by atoms with van der Waals surface area (Å²) in [6, 6.07) is 0.657. The zero-order chi connectivity index (χ0) is 12.3. The second kappa shape index (κ2) is 5.50. The van der Waals surface area contributed by atoms with Crippen LogP contribution < -0.4 is 5.32 Å². The van der Waals surface area contributed by atoms with Crippen molar-refractivity contribution < 1.29 is 0 Å². The molecule has 1 heterocycles. The average Bonchev–Trinajstić information content (AvgIpc) is 2.11. The minimum atomic E-state index is 0.237. The molecule has 2 nitrogen and oxygen atoms in total. The molecule has 0 aromatic carbocycles. The van der Waals surface area contributed by atoms with Crippen LogP contribution in [-0.4, -0.2) is 36.1 Å². The van der Waals surface area contributed by atoms with Crippen LogP contribution in [0.1, 0.15) is 48.0 Å². The van der Waals surface area contributed by atoms with E-state index in [1.165, 1.54) is 19.5 Å². The first-order valence-corrected chi connectivity index (χ1v) is 6.77. The molecule has 0 aromatic rings. The highest BCUT2D eigenvalue weighted by Crippen LogP contribution is 2.22. The van der Waals surface area contributed by atoms with Crippen LogP contribution in [0.3, 0.4) is 0 Å². The van der Waals surface area contributed by atoms with Crippen LogP contribution in [0.25, 0.3) is 0 Å². The fraction of sp³-hybridized carbons (Fsp3) is 1.00. The molecule has 0 radical (unpaired) electrons. The van der Waals surface area contributed by atoms with Gasteiger partial charge < -0.3 is 5.32 Å². The molecular formula is C14H30N2. The van der Waals surface area contributed by atoms with Crippen LogP contribution in [-0.2, 0) is 0 Å². The fourth-order valence-corrected chi connectivity index (χ4v) is 2.65. The summed E-state index contributed by atoms with van der Waals surface area (Å²) >= 11 is 0. The monoisotopic (exact) mass is 226 g/mol. The Hall–Kier alpha value is -0.0800. The molecule has 96 valence electrons. The Labute approximate surface area is 102 Å². The maximum absolute atomic E-state index is 3.61. The molecule has 0 bridgehead atoms. The molecular weight excluding hydrogens is 196 g/mol. The van der Waals surface area contributed by atoms with E-state index in [9.17, 15) is 0 Å². The largest absolute Gasteiger partial charge is 0.311 e. The lowest BCUT2D eigenvalue weighted by Gasteiger charge is -2.39. The molecule has 0 saturated carbocycles. The highest BCUT2D eigenvalue weighted by Gasteiger charge is 2.25. The van der Waals surface area contributed by atoms with Crippen molar-refractivity contribution >= 4 is 0 Å². The molecule has 0 aromatic heterocycles. The van der Waals surface area contributed by atoms with E-state index in [1.54, 1.807) is 0 Å². The topological polar surface area (TPSA) is 15.3 Å². The molecule has 1 aliphatic rings. The third-order valence-electron chi connectivity index (χ3n) is 3.45. The van der Waals surface area contributed by atoms with E-state index in [4.69, 9.17) is 0 Å². The Morgan fingerprint density at radius 1 is 1.19 bits per heavy atom. The number of piperidine rings is 1. The summed E-state index contributed by atoms with van der Waals surface area (Å²) in [5.41, 5.74) is 0.237. The van der Waals surface area contributed by atoms with Crippen molar-refractivity contribution in [3.05, 3.63) is 0 Å². The van der Waals surface area contributed by atoms with Gasteiger partial charge in [-0.25, -0.2) is 0 Å². The fourth-order valence-electron chi connectivity index (χ4n) is 2.65. The van der Waals surface area contributed by atoms with Gasteiger partial charge in [-0.15, -0.1) is 0 Å². The molecule has 0 spiro atoms. The Morgan fingerprint density at radius 2 is 1.69 bits per heavy atom. The first-order valence-electron chi connectivity index (χ1n) is 6.77. The Balaban J connectivity index is 2.38. The average molecular weight is 226 g/mol. The number of nitrogens with zero attached hydrogens (tertiary/aromatic N) is 1. The van der Waals surface area contributed by atoms with E-state index in [0.29, 0.717) is 6.04 Å². The lowest BCUT2D eigenvalue weighted by Crippen LogP contribution is -2.50. The van der Waals surface area contributed by atoms with E-state index in [-0.39, 0.29) is 5.54 Å². The van der Waals surface area contributed by atoms with Gasteiger partial charge in [0.15, 0.2) is 0 Å². The van der Waals surface area contributed by atoms with E-state index in [1.807, 2.05) is 0 Å². The molecule has 0 amide bonds. The number of hydrogen-bond acceptors (Lipinski definition) is 2. The van der Waals surface area contributed by atoms with Crippen molar-refractivity contribution in [1.29, 1.82) is 0 Å². The molecule has 3 atom stereocenters. The maximum Gasteiger partial charge on any atom is 0.0192 e. The van der Waals surface area contributed by atoms with Gasteiger partial charge in [0.05, 0.1) is 0 Å². The van der Waals surface area contributed by atoms with Gasteiger partial charge in [-0.05, 0) is 46.0 Å². The lowest BCUT2D eigenvalue weighted by atomic mass is 9.91. The van der Waals surface area contributed by atoms with Crippen molar-refractivity contribution in [3.8, 4) is 0 Å². The minimum absolute atomic E-state index is 0.237. The van der Waals surface area contributed by atoms with Crippen LogP contribution in [0.5, 0.6) is 0 Å². The summed E-state index contributed by atoms with van der Waals surface area (Å²) in [5, 5.41) is 3.61. The summed E-state index contributed by atoms with van der Waals surface area (Å²) in [6.45, 7) is 17.5. The number of rotatable bonds is 3. The SMILES string of the molecule is CC1CC(C)CN(C(C)CNC(C)(C)C)C1. The highest BCUT2D eigenvalue weighted by atomic mass is 15.2. The van der Waals surface area contributed by atoms with Crippen LogP contribution in [0.15, 0.2) is 0 Å². The summed E-state index contributed by atoms with van der Waals surface area (Å²) in [4.78, 5) is 2.65. The van der Waals surface area contributed by atoms with Gasteiger partial charge in [-0.1, -0.05) is 13.8 Å². The van der Waals surface area contributed by atoms with Gasteiger partial charge in [0.25, 0.3) is 0 Å². The summed E-state index contributed by atoms with van der Waals surface area (Å²) in [5.74, 6) is 1.72. The second-order valence-electron chi connectivity index (χ2n) is 6.88. The molecule has 3 unspecified atom stereocenters. The van der Waals surface area contributed by atoms with Crippen molar-refractivity contribution in [2.24, 2.45) is 11.8 Å². The van der Waals surface area contributed by atoms with Crippen LogP contribution in [0.4, 0.5) is 0 Å². The smallest absolute Gasteiger partial charge is 0.0192 e. The van der Waals surface area contributed by atoms with E-state index >= 15 is 0 Å². The van der Waals surface area contributed by atoms with Crippen LogP contribution >= 0.6 is 0 Å². The predicted octanol–water partition coefficient (Wildman–Crippen LogP) is 2.74. The second-order valence-corrected chi connectivity index (χ2v) is 6.88. The third kappa shape index (κ3) is 4.84. The molecule has 1 fully saturated rings. The number of likely N-dealkylation sites (tertiary alicyclic amines) is 1. The molecule has 1 aliphatic heterocycles. The number of nitrogens with one attached hydrogen (secondary N) is 1.